The Bertz CT molecular complexity index is 436. The van der Waals surface area contributed by atoms with Crippen molar-refractivity contribution in [1.29, 1.82) is 0 Å². The van der Waals surface area contributed by atoms with E-state index < -0.39 is 0 Å². The van der Waals surface area contributed by atoms with Crippen molar-refractivity contribution in [1.82, 2.24) is 4.90 Å². The Labute approximate surface area is 128 Å². The summed E-state index contributed by atoms with van der Waals surface area (Å²) in [6.07, 6.45) is 2.77. The van der Waals surface area contributed by atoms with E-state index in [1.165, 1.54) is 5.56 Å². The Kier molecular flexibility index (Phi) is 6.96. The van der Waals surface area contributed by atoms with Crippen LogP contribution >= 0.6 is 12.2 Å². The molecule has 0 bridgehead atoms. The molecule has 1 rings (SSSR count). The Morgan fingerprint density at radius 3 is 2.60 bits per heavy atom. The number of nitrogens with two attached hydrogens (primary N) is 1. The number of thiocarbonyl (C=S) groups is 1. The highest BCUT2D eigenvalue weighted by atomic mass is 32.1. The van der Waals surface area contributed by atoms with E-state index in [-0.39, 0.29) is 0 Å². The van der Waals surface area contributed by atoms with Crippen LogP contribution in [0.5, 0.6) is 5.75 Å². The van der Waals surface area contributed by atoms with Gasteiger partial charge in [-0.1, -0.05) is 37.3 Å². The molecule has 1 aromatic carbocycles. The SMILES string of the molecule is CCC(CC(N)=S)N(C)C(C)Cc1ccccc1OC. The van der Waals surface area contributed by atoms with Crippen LogP contribution in [-0.2, 0) is 6.42 Å². The van der Waals surface area contributed by atoms with E-state index in [0.29, 0.717) is 17.1 Å². The predicted octanol–water partition coefficient (Wildman–Crippen LogP) is 3.01. The van der Waals surface area contributed by atoms with Crippen molar-refractivity contribution >= 4 is 17.2 Å². The van der Waals surface area contributed by atoms with Gasteiger partial charge in [-0.15, -0.1) is 0 Å². The van der Waals surface area contributed by atoms with Crippen LogP contribution in [0.1, 0.15) is 32.3 Å². The number of hydrogen-bond donors (Lipinski definition) is 1. The zero-order valence-corrected chi connectivity index (χ0v) is 13.7. The summed E-state index contributed by atoms with van der Waals surface area (Å²) in [5.74, 6) is 0.954. The Hall–Kier alpha value is -1.13. The molecule has 0 aromatic heterocycles. The molecule has 0 amide bonds. The van der Waals surface area contributed by atoms with Gasteiger partial charge in [-0.2, -0.15) is 0 Å². The number of methoxy groups -OCH3 is 1. The molecule has 0 aliphatic carbocycles. The average molecular weight is 294 g/mol. The summed E-state index contributed by atoms with van der Waals surface area (Å²) in [6, 6.07) is 8.99. The second-order valence-corrected chi connectivity index (χ2v) is 5.79. The quantitative estimate of drug-likeness (QED) is 0.748. The maximum atomic E-state index is 5.69. The van der Waals surface area contributed by atoms with E-state index in [4.69, 9.17) is 22.7 Å². The number of hydrogen-bond acceptors (Lipinski definition) is 3. The van der Waals surface area contributed by atoms with Gasteiger partial charge in [0, 0.05) is 18.5 Å². The molecule has 3 nitrogen and oxygen atoms in total. The molecule has 0 spiro atoms. The summed E-state index contributed by atoms with van der Waals surface area (Å²) in [5, 5.41) is 0. The van der Waals surface area contributed by atoms with Crippen LogP contribution in [0, 0.1) is 0 Å². The highest BCUT2D eigenvalue weighted by molar-refractivity contribution is 7.80. The number of likely N-dealkylation sites (N-methyl/N-ethyl adjacent to an activating group) is 1. The first-order chi connectivity index (χ1) is 9.49. The lowest BCUT2D eigenvalue weighted by atomic mass is 10.0. The Balaban J connectivity index is 2.73. The Morgan fingerprint density at radius 2 is 2.05 bits per heavy atom. The molecule has 1 aromatic rings. The van der Waals surface area contributed by atoms with Crippen LogP contribution in [0.2, 0.25) is 0 Å². The number of nitrogens with zero attached hydrogens (tertiary/aromatic N) is 1. The molecular weight excluding hydrogens is 268 g/mol. The normalized spacial score (nSPS) is 14.1. The molecule has 112 valence electrons. The summed E-state index contributed by atoms with van der Waals surface area (Å²) in [7, 11) is 3.86. The van der Waals surface area contributed by atoms with Gasteiger partial charge >= 0.3 is 0 Å². The summed E-state index contributed by atoms with van der Waals surface area (Å²) in [6.45, 7) is 4.41. The lowest BCUT2D eigenvalue weighted by Crippen LogP contribution is -2.41. The van der Waals surface area contributed by atoms with Crippen molar-refractivity contribution in [2.75, 3.05) is 14.2 Å². The smallest absolute Gasteiger partial charge is 0.122 e. The molecule has 2 unspecified atom stereocenters. The molecule has 0 radical (unpaired) electrons. The second kappa shape index (κ2) is 8.22. The monoisotopic (exact) mass is 294 g/mol. The standard InChI is InChI=1S/C16H26N2OS/c1-5-14(11-16(17)20)18(3)12(2)10-13-8-6-7-9-15(13)19-4/h6-9,12,14H,5,10-11H2,1-4H3,(H2,17,20). The van der Waals surface area contributed by atoms with Gasteiger partial charge in [0.05, 0.1) is 12.1 Å². The number of para-hydroxylation sites is 1. The van der Waals surface area contributed by atoms with Crippen LogP contribution in [0.3, 0.4) is 0 Å². The molecular formula is C16H26N2OS. The van der Waals surface area contributed by atoms with Gasteiger partial charge in [-0.3, -0.25) is 0 Å². The maximum absolute atomic E-state index is 5.69. The molecule has 0 saturated carbocycles. The molecule has 0 aliphatic rings. The number of benzene rings is 1. The lowest BCUT2D eigenvalue weighted by Gasteiger charge is -2.32. The molecule has 0 fully saturated rings. The summed E-state index contributed by atoms with van der Waals surface area (Å²) < 4.78 is 5.42. The van der Waals surface area contributed by atoms with Crippen LogP contribution in [0.15, 0.2) is 24.3 Å². The Morgan fingerprint density at radius 1 is 1.40 bits per heavy atom. The highest BCUT2D eigenvalue weighted by Gasteiger charge is 2.20. The largest absolute Gasteiger partial charge is 0.496 e. The fraction of sp³-hybridized carbons (Fsp3) is 0.562. The minimum Gasteiger partial charge on any atom is -0.496 e. The third-order valence-electron chi connectivity index (χ3n) is 3.89. The van der Waals surface area contributed by atoms with Gasteiger partial charge in [0.1, 0.15) is 5.75 Å². The maximum Gasteiger partial charge on any atom is 0.122 e. The van der Waals surface area contributed by atoms with Gasteiger partial charge in [0.25, 0.3) is 0 Å². The lowest BCUT2D eigenvalue weighted by molar-refractivity contribution is 0.181. The molecule has 20 heavy (non-hydrogen) atoms. The van der Waals surface area contributed by atoms with Crippen LogP contribution < -0.4 is 10.5 Å². The van der Waals surface area contributed by atoms with E-state index in [1.807, 2.05) is 12.1 Å². The first-order valence-electron chi connectivity index (χ1n) is 7.11. The molecule has 4 heteroatoms. The zero-order valence-electron chi connectivity index (χ0n) is 12.9. The summed E-state index contributed by atoms with van der Waals surface area (Å²) in [4.78, 5) is 2.96. The molecule has 2 N–H and O–H groups in total. The van der Waals surface area contributed by atoms with Gasteiger partial charge < -0.3 is 15.4 Å². The molecule has 0 aliphatic heterocycles. The predicted molar refractivity (Wildman–Crippen MR) is 89.4 cm³/mol. The van der Waals surface area contributed by atoms with Crippen molar-refractivity contribution in [3.63, 3.8) is 0 Å². The zero-order chi connectivity index (χ0) is 15.1. The minimum absolute atomic E-state index is 0.400. The van der Waals surface area contributed by atoms with Crippen LogP contribution in [0.25, 0.3) is 0 Å². The summed E-state index contributed by atoms with van der Waals surface area (Å²) >= 11 is 5.04. The minimum atomic E-state index is 0.400. The third kappa shape index (κ3) is 4.76. The van der Waals surface area contributed by atoms with Gasteiger partial charge in [0.2, 0.25) is 0 Å². The summed E-state index contributed by atoms with van der Waals surface area (Å²) in [5.41, 5.74) is 6.93. The average Bonchev–Trinajstić information content (AvgIpc) is 2.44. The van der Waals surface area contributed by atoms with Crippen molar-refractivity contribution in [2.45, 2.75) is 45.2 Å². The first-order valence-corrected chi connectivity index (χ1v) is 7.52. The van der Waals surface area contributed by atoms with Gasteiger partial charge in [0.15, 0.2) is 0 Å². The van der Waals surface area contributed by atoms with Gasteiger partial charge in [-0.05, 0) is 38.4 Å². The fourth-order valence-corrected chi connectivity index (χ4v) is 2.69. The van der Waals surface area contributed by atoms with Crippen molar-refractivity contribution < 1.29 is 4.74 Å². The molecule has 0 saturated heterocycles. The fourth-order valence-electron chi connectivity index (χ4n) is 2.50. The number of ether oxygens (including phenoxy) is 1. The van der Waals surface area contributed by atoms with E-state index in [1.54, 1.807) is 7.11 Å². The van der Waals surface area contributed by atoms with Crippen LogP contribution in [0.4, 0.5) is 0 Å². The molecule has 2 atom stereocenters. The van der Waals surface area contributed by atoms with Crippen molar-refractivity contribution in [3.05, 3.63) is 29.8 Å². The highest BCUT2D eigenvalue weighted by Crippen LogP contribution is 2.21. The van der Waals surface area contributed by atoms with E-state index in [0.717, 1.165) is 25.0 Å². The van der Waals surface area contributed by atoms with Crippen LogP contribution in [-0.4, -0.2) is 36.1 Å². The van der Waals surface area contributed by atoms with E-state index >= 15 is 0 Å². The number of rotatable bonds is 8. The molecule has 0 heterocycles. The second-order valence-electron chi connectivity index (χ2n) is 5.26. The third-order valence-corrected chi connectivity index (χ3v) is 4.05. The van der Waals surface area contributed by atoms with Crippen molar-refractivity contribution in [2.24, 2.45) is 5.73 Å². The topological polar surface area (TPSA) is 38.5 Å². The van der Waals surface area contributed by atoms with E-state index in [2.05, 4.69) is 37.9 Å². The first kappa shape index (κ1) is 16.9. The van der Waals surface area contributed by atoms with E-state index in [9.17, 15) is 0 Å². The van der Waals surface area contributed by atoms with Crippen molar-refractivity contribution in [3.8, 4) is 5.75 Å². The van der Waals surface area contributed by atoms with Gasteiger partial charge in [-0.25, -0.2) is 0 Å².